The first-order valence-corrected chi connectivity index (χ1v) is 14.3. The summed E-state index contributed by atoms with van der Waals surface area (Å²) >= 11 is 0. The topological polar surface area (TPSA) is 189 Å². The predicted molar refractivity (Wildman–Crippen MR) is 165 cm³/mol. The van der Waals surface area contributed by atoms with E-state index >= 15 is 0 Å². The van der Waals surface area contributed by atoms with Crippen molar-refractivity contribution in [3.63, 3.8) is 0 Å². The van der Waals surface area contributed by atoms with Crippen LogP contribution in [0.25, 0.3) is 11.2 Å². The van der Waals surface area contributed by atoms with Crippen LogP contribution >= 0.6 is 0 Å². The number of anilines is 3. The van der Waals surface area contributed by atoms with Crippen LogP contribution in [0.2, 0.25) is 0 Å². The molecule has 230 valence electrons. The van der Waals surface area contributed by atoms with Crippen LogP contribution in [-0.4, -0.2) is 63.6 Å². The summed E-state index contributed by atoms with van der Waals surface area (Å²) in [6.07, 6.45) is 2.41. The molecule has 4 rings (SSSR count). The molecule has 0 aliphatic carbocycles. The van der Waals surface area contributed by atoms with E-state index in [1.165, 1.54) is 5.56 Å². The van der Waals surface area contributed by atoms with Gasteiger partial charge in [0, 0.05) is 24.2 Å². The smallest absolute Gasteiger partial charge is 0.328 e. The quantitative estimate of drug-likeness (QED) is 0.180. The maximum Gasteiger partial charge on any atom is 0.328 e. The zero-order chi connectivity index (χ0) is 31.5. The lowest BCUT2D eigenvalue weighted by Crippen LogP contribution is -2.42. The Kier molecular flexibility index (Phi) is 10.9. The third kappa shape index (κ3) is 8.60. The first-order valence-electron chi connectivity index (χ1n) is 14.3. The molecular formula is C31H36N8O5. The Hall–Kier alpha value is -5.33. The molecule has 0 saturated heterocycles. The average molecular weight is 601 g/mol. The zero-order valence-electron chi connectivity index (χ0n) is 24.7. The van der Waals surface area contributed by atoms with Crippen LogP contribution in [-0.2, 0) is 32.0 Å². The van der Waals surface area contributed by atoms with E-state index < -0.39 is 23.9 Å². The summed E-state index contributed by atoms with van der Waals surface area (Å²) < 4.78 is 10.0. The highest BCUT2D eigenvalue weighted by molar-refractivity contribution is 5.97. The molecule has 0 bridgehead atoms. The number of fused-ring (bicyclic) bond motifs is 1. The number of aromatic nitrogens is 4. The lowest BCUT2D eigenvalue weighted by Gasteiger charge is -2.25. The van der Waals surface area contributed by atoms with Gasteiger partial charge >= 0.3 is 11.9 Å². The highest BCUT2D eigenvalue weighted by Gasteiger charge is 2.24. The van der Waals surface area contributed by atoms with Crippen LogP contribution in [0.15, 0.2) is 60.8 Å². The minimum absolute atomic E-state index is 0.0261. The molecule has 1 unspecified atom stereocenters. The van der Waals surface area contributed by atoms with Gasteiger partial charge in [0.15, 0.2) is 17.0 Å². The van der Waals surface area contributed by atoms with E-state index in [0.29, 0.717) is 35.5 Å². The van der Waals surface area contributed by atoms with Gasteiger partial charge in [-0.15, -0.1) is 0 Å². The molecule has 44 heavy (non-hydrogen) atoms. The van der Waals surface area contributed by atoms with Crippen molar-refractivity contribution in [3.05, 3.63) is 77.6 Å². The van der Waals surface area contributed by atoms with Crippen molar-refractivity contribution in [1.82, 2.24) is 25.3 Å². The Morgan fingerprint density at radius 3 is 2.36 bits per heavy atom. The van der Waals surface area contributed by atoms with Gasteiger partial charge in [-0.05, 0) is 56.5 Å². The fraction of sp³-hybridized carbons (Fsp3) is 0.323. The molecule has 2 aromatic carbocycles. The van der Waals surface area contributed by atoms with Crippen LogP contribution in [0.1, 0.15) is 48.3 Å². The number of ether oxygens (including phenoxy) is 2. The van der Waals surface area contributed by atoms with Gasteiger partial charge in [0.05, 0.1) is 31.6 Å². The molecule has 0 fully saturated rings. The fourth-order valence-corrected chi connectivity index (χ4v) is 4.52. The van der Waals surface area contributed by atoms with Gasteiger partial charge in [0.1, 0.15) is 6.04 Å². The number of nitrogens with one attached hydrogen (secondary N) is 1. The largest absolute Gasteiger partial charge is 0.466 e. The summed E-state index contributed by atoms with van der Waals surface area (Å²) in [4.78, 5) is 56.6. The van der Waals surface area contributed by atoms with Crippen molar-refractivity contribution in [2.24, 2.45) is 0 Å². The summed E-state index contributed by atoms with van der Waals surface area (Å²) in [5.74, 6) is -1.36. The third-order valence-electron chi connectivity index (χ3n) is 6.68. The molecule has 13 nitrogen and oxygen atoms in total. The van der Waals surface area contributed by atoms with Crippen LogP contribution in [0.3, 0.4) is 0 Å². The molecule has 1 amide bonds. The molecule has 2 aromatic heterocycles. The number of nitrogens with two attached hydrogens (primary N) is 2. The Balaban J connectivity index is 1.52. The Morgan fingerprint density at radius 1 is 0.932 bits per heavy atom. The van der Waals surface area contributed by atoms with Gasteiger partial charge in [-0.1, -0.05) is 30.3 Å². The Bertz CT molecular complexity index is 1580. The van der Waals surface area contributed by atoms with Crippen LogP contribution in [0.4, 0.5) is 17.5 Å². The Labute approximate surface area is 255 Å². The van der Waals surface area contributed by atoms with Crippen LogP contribution < -0.4 is 21.7 Å². The first kappa shape index (κ1) is 31.6. The normalized spacial score (nSPS) is 11.5. The van der Waals surface area contributed by atoms with Gasteiger partial charge in [-0.25, -0.2) is 14.8 Å². The van der Waals surface area contributed by atoms with Crippen molar-refractivity contribution in [2.45, 2.75) is 45.7 Å². The van der Waals surface area contributed by atoms with E-state index in [9.17, 15) is 14.4 Å². The van der Waals surface area contributed by atoms with Crippen molar-refractivity contribution in [1.29, 1.82) is 0 Å². The van der Waals surface area contributed by atoms with Crippen molar-refractivity contribution in [3.8, 4) is 0 Å². The second-order valence-corrected chi connectivity index (χ2v) is 9.83. The SMILES string of the molecule is CCOC(=O)CCC(NC(=O)c1ccc(N(CCc2ccccc2)Cc2cnc3nc(N)nc(N)c3n2)cc1)C(=O)OCC. The summed E-state index contributed by atoms with van der Waals surface area (Å²) in [7, 11) is 0. The van der Waals surface area contributed by atoms with E-state index in [2.05, 4.69) is 42.3 Å². The molecule has 4 aromatic rings. The second kappa shape index (κ2) is 15.2. The lowest BCUT2D eigenvalue weighted by atomic mass is 10.1. The molecule has 0 aliphatic rings. The fourth-order valence-electron chi connectivity index (χ4n) is 4.52. The Morgan fingerprint density at radius 2 is 1.66 bits per heavy atom. The average Bonchev–Trinajstić information content (AvgIpc) is 3.02. The highest BCUT2D eigenvalue weighted by atomic mass is 16.5. The van der Waals surface area contributed by atoms with E-state index in [1.807, 2.05) is 30.3 Å². The molecule has 0 saturated carbocycles. The van der Waals surface area contributed by atoms with Gasteiger partial charge in [-0.3, -0.25) is 9.59 Å². The number of hydrogen-bond donors (Lipinski definition) is 3. The van der Waals surface area contributed by atoms with Crippen molar-refractivity contribution < 1.29 is 23.9 Å². The summed E-state index contributed by atoms with van der Waals surface area (Å²) in [5.41, 5.74) is 15.4. The second-order valence-electron chi connectivity index (χ2n) is 9.83. The molecule has 1 atom stereocenters. The van der Waals surface area contributed by atoms with E-state index in [-0.39, 0.29) is 37.8 Å². The number of amides is 1. The minimum atomic E-state index is -0.993. The van der Waals surface area contributed by atoms with Crippen molar-refractivity contribution >= 4 is 46.5 Å². The molecule has 0 spiro atoms. The van der Waals surface area contributed by atoms with Gasteiger partial charge in [-0.2, -0.15) is 9.97 Å². The van der Waals surface area contributed by atoms with Crippen LogP contribution in [0, 0.1) is 0 Å². The molecule has 0 aliphatic heterocycles. The van der Waals surface area contributed by atoms with Crippen LogP contribution in [0.5, 0.6) is 0 Å². The number of esters is 2. The third-order valence-corrected chi connectivity index (χ3v) is 6.68. The van der Waals surface area contributed by atoms with E-state index in [4.69, 9.17) is 20.9 Å². The number of nitrogen functional groups attached to an aromatic ring is 2. The number of nitrogens with zero attached hydrogens (tertiary/aromatic N) is 5. The lowest BCUT2D eigenvalue weighted by molar-refractivity contribution is -0.146. The molecule has 5 N–H and O–H groups in total. The summed E-state index contributed by atoms with van der Waals surface area (Å²) in [6.45, 7) is 4.78. The number of carbonyl (C=O) groups is 3. The maximum absolute atomic E-state index is 13.1. The van der Waals surface area contributed by atoms with Gasteiger partial charge in [0.25, 0.3) is 5.91 Å². The first-order chi connectivity index (χ1) is 21.3. The number of rotatable bonds is 14. The summed E-state index contributed by atoms with van der Waals surface area (Å²) in [5, 5.41) is 2.69. The monoisotopic (exact) mass is 600 g/mol. The number of benzene rings is 2. The standard InChI is InChI=1S/C31H36N8O5/c1-3-43-25(40)15-14-24(30(42)44-4-2)36-29(41)21-10-12-23(13-11-21)39(17-16-20-8-6-5-7-9-20)19-22-18-34-28-26(35-22)27(32)37-31(33)38-28/h5-13,18,24H,3-4,14-17,19H2,1-2H3,(H,36,41)(H4,32,33,34,37,38). The zero-order valence-corrected chi connectivity index (χ0v) is 24.7. The highest BCUT2D eigenvalue weighted by Crippen LogP contribution is 2.21. The molecule has 2 heterocycles. The molecule has 0 radical (unpaired) electrons. The summed E-state index contributed by atoms with van der Waals surface area (Å²) in [6, 6.07) is 16.1. The maximum atomic E-state index is 13.1. The van der Waals surface area contributed by atoms with Gasteiger partial charge < -0.3 is 31.2 Å². The van der Waals surface area contributed by atoms with E-state index in [1.54, 1.807) is 32.2 Å². The van der Waals surface area contributed by atoms with Crippen molar-refractivity contribution in [2.75, 3.05) is 36.1 Å². The van der Waals surface area contributed by atoms with Gasteiger partial charge in [0.2, 0.25) is 5.95 Å². The van der Waals surface area contributed by atoms with E-state index in [0.717, 1.165) is 12.1 Å². The molecular weight excluding hydrogens is 564 g/mol. The number of carbonyl (C=O) groups excluding carboxylic acids is 3. The predicted octanol–water partition coefficient (Wildman–Crippen LogP) is 2.84. The molecule has 13 heteroatoms. The minimum Gasteiger partial charge on any atom is -0.466 e. The number of hydrogen-bond acceptors (Lipinski definition) is 12.